The van der Waals surface area contributed by atoms with Crippen molar-refractivity contribution in [3.05, 3.63) is 59.2 Å². The summed E-state index contributed by atoms with van der Waals surface area (Å²) in [5.74, 6) is -0.0628. The highest BCUT2D eigenvalue weighted by molar-refractivity contribution is 7.89. The van der Waals surface area contributed by atoms with E-state index in [1.807, 2.05) is 6.07 Å². The first-order valence-electron chi connectivity index (χ1n) is 9.17. The van der Waals surface area contributed by atoms with Crippen LogP contribution in [0.2, 0.25) is 0 Å². The van der Waals surface area contributed by atoms with Crippen molar-refractivity contribution in [2.24, 2.45) is 5.14 Å². The van der Waals surface area contributed by atoms with Crippen molar-refractivity contribution in [2.45, 2.75) is 30.7 Å². The van der Waals surface area contributed by atoms with Gasteiger partial charge in [0.2, 0.25) is 15.9 Å². The molecule has 4 rings (SSSR count). The average Bonchev–Trinajstić information content (AvgIpc) is 3.12. The Hall–Kier alpha value is -2.71. The third kappa shape index (κ3) is 3.53. The number of benzene rings is 2. The van der Waals surface area contributed by atoms with Crippen molar-refractivity contribution < 1.29 is 18.0 Å². The largest absolute Gasteiger partial charge is 0.334 e. The minimum Gasteiger partial charge on any atom is -0.334 e. The molecule has 2 amide bonds. The molecule has 1 fully saturated rings. The van der Waals surface area contributed by atoms with E-state index in [1.165, 1.54) is 6.07 Å². The van der Waals surface area contributed by atoms with Crippen molar-refractivity contribution in [1.82, 2.24) is 4.90 Å². The Morgan fingerprint density at radius 1 is 1.00 bits per heavy atom. The molecule has 2 N–H and O–H groups in total. The van der Waals surface area contributed by atoms with Gasteiger partial charge in [0, 0.05) is 37.3 Å². The number of hydrogen-bond acceptors (Lipinski definition) is 4. The highest BCUT2D eigenvalue weighted by Gasteiger charge is 2.25. The topological polar surface area (TPSA) is 101 Å². The number of fused-ring (bicyclic) bond motifs is 1. The van der Waals surface area contributed by atoms with Crippen LogP contribution in [-0.2, 0) is 27.8 Å². The number of nitrogens with zero attached hydrogens (tertiary/aromatic N) is 2. The normalized spacial score (nSPS) is 17.0. The average molecular weight is 399 g/mol. The Morgan fingerprint density at radius 3 is 2.54 bits per heavy atom. The maximum Gasteiger partial charge on any atom is 0.254 e. The smallest absolute Gasteiger partial charge is 0.254 e. The molecule has 7 nitrogen and oxygen atoms in total. The van der Waals surface area contributed by atoms with Gasteiger partial charge in [-0.1, -0.05) is 12.1 Å². The Balaban J connectivity index is 1.58. The minimum atomic E-state index is -3.79. The summed E-state index contributed by atoms with van der Waals surface area (Å²) in [6.07, 6.45) is 2.01. The third-order valence-corrected chi connectivity index (χ3v) is 6.19. The fourth-order valence-electron chi connectivity index (χ4n) is 3.79. The van der Waals surface area contributed by atoms with Gasteiger partial charge < -0.3 is 9.80 Å². The predicted molar refractivity (Wildman–Crippen MR) is 104 cm³/mol. The maximum absolute atomic E-state index is 13.0. The van der Waals surface area contributed by atoms with Gasteiger partial charge in [-0.25, -0.2) is 13.6 Å². The Bertz CT molecular complexity index is 1060. The number of anilines is 1. The first kappa shape index (κ1) is 18.6. The molecule has 0 aromatic heterocycles. The van der Waals surface area contributed by atoms with Gasteiger partial charge in [0.05, 0.1) is 4.90 Å². The fraction of sp³-hybridized carbons (Fsp3) is 0.300. The van der Waals surface area contributed by atoms with Gasteiger partial charge in [0.15, 0.2) is 0 Å². The van der Waals surface area contributed by atoms with Crippen LogP contribution in [0.25, 0.3) is 0 Å². The number of carbonyl (C=O) groups is 2. The van der Waals surface area contributed by atoms with E-state index in [0.717, 1.165) is 23.2 Å². The van der Waals surface area contributed by atoms with Crippen LogP contribution in [0.1, 0.15) is 34.3 Å². The second-order valence-electron chi connectivity index (χ2n) is 7.15. The zero-order valence-corrected chi connectivity index (χ0v) is 16.1. The van der Waals surface area contributed by atoms with E-state index in [2.05, 4.69) is 0 Å². The zero-order chi connectivity index (χ0) is 19.9. The van der Waals surface area contributed by atoms with E-state index in [9.17, 15) is 18.0 Å². The summed E-state index contributed by atoms with van der Waals surface area (Å²) in [4.78, 5) is 28.5. The van der Waals surface area contributed by atoms with Crippen molar-refractivity contribution in [2.75, 3.05) is 18.0 Å². The number of amides is 2. The van der Waals surface area contributed by atoms with E-state index in [0.29, 0.717) is 38.0 Å². The first-order chi connectivity index (χ1) is 13.3. The summed E-state index contributed by atoms with van der Waals surface area (Å²) in [6, 6.07) is 11.9. The van der Waals surface area contributed by atoms with Crippen molar-refractivity contribution >= 4 is 27.5 Å². The molecule has 0 unspecified atom stereocenters. The van der Waals surface area contributed by atoms with Crippen LogP contribution in [0.4, 0.5) is 5.69 Å². The second kappa shape index (κ2) is 7.03. The van der Waals surface area contributed by atoms with Gasteiger partial charge in [0.1, 0.15) is 0 Å². The van der Waals surface area contributed by atoms with Gasteiger partial charge in [-0.05, 0) is 54.3 Å². The van der Waals surface area contributed by atoms with Crippen LogP contribution in [0.15, 0.2) is 47.4 Å². The summed E-state index contributed by atoms with van der Waals surface area (Å²) in [6.45, 7) is 1.54. The first-order valence-corrected chi connectivity index (χ1v) is 10.7. The molecule has 2 aromatic rings. The van der Waals surface area contributed by atoms with Gasteiger partial charge in [-0.2, -0.15) is 0 Å². The van der Waals surface area contributed by atoms with Crippen molar-refractivity contribution in [3.8, 4) is 0 Å². The van der Waals surface area contributed by atoms with Crippen LogP contribution in [0, 0.1) is 0 Å². The van der Waals surface area contributed by atoms with E-state index in [4.69, 9.17) is 5.14 Å². The third-order valence-electron chi connectivity index (χ3n) is 5.28. The van der Waals surface area contributed by atoms with Gasteiger partial charge in [-0.3, -0.25) is 9.59 Å². The Morgan fingerprint density at radius 2 is 1.82 bits per heavy atom. The van der Waals surface area contributed by atoms with E-state index >= 15 is 0 Å². The van der Waals surface area contributed by atoms with Crippen LogP contribution in [0.5, 0.6) is 0 Å². The summed E-state index contributed by atoms with van der Waals surface area (Å²) < 4.78 is 23.2. The SMILES string of the molecule is NS(=O)(=O)c1ccc2c(c1)CN(C(=O)c1cccc(N3CCCC3=O)c1)CC2. The molecule has 0 saturated carbocycles. The highest BCUT2D eigenvalue weighted by atomic mass is 32.2. The number of primary sulfonamides is 1. The lowest BCUT2D eigenvalue weighted by molar-refractivity contribution is -0.117. The standard InChI is InChI=1S/C20H21N3O4S/c21-28(26,27)18-7-6-14-8-10-22(13-16(14)12-18)20(25)15-3-1-4-17(11-15)23-9-2-5-19(23)24/h1,3-4,6-7,11-12H,2,5,8-10,13H2,(H2,21,26,27). The van der Waals surface area contributed by atoms with E-state index in [-0.39, 0.29) is 16.7 Å². The van der Waals surface area contributed by atoms with Gasteiger partial charge in [-0.15, -0.1) is 0 Å². The maximum atomic E-state index is 13.0. The van der Waals surface area contributed by atoms with Gasteiger partial charge in [0.25, 0.3) is 5.91 Å². The van der Waals surface area contributed by atoms with Crippen molar-refractivity contribution in [1.29, 1.82) is 0 Å². The lowest BCUT2D eigenvalue weighted by Crippen LogP contribution is -2.36. The van der Waals surface area contributed by atoms with Crippen LogP contribution < -0.4 is 10.0 Å². The predicted octanol–water partition coefficient (Wildman–Crippen LogP) is 1.66. The van der Waals surface area contributed by atoms with Crippen LogP contribution >= 0.6 is 0 Å². The molecule has 2 aliphatic rings. The lowest BCUT2D eigenvalue weighted by atomic mass is 9.99. The number of rotatable bonds is 3. The lowest BCUT2D eigenvalue weighted by Gasteiger charge is -2.29. The zero-order valence-electron chi connectivity index (χ0n) is 15.3. The Labute approximate surface area is 163 Å². The molecule has 2 heterocycles. The molecule has 28 heavy (non-hydrogen) atoms. The molecule has 2 aromatic carbocycles. The summed E-state index contributed by atoms with van der Waals surface area (Å²) >= 11 is 0. The molecular formula is C20H21N3O4S. The molecule has 0 bridgehead atoms. The molecule has 146 valence electrons. The van der Waals surface area contributed by atoms with Crippen LogP contribution in [-0.4, -0.2) is 38.2 Å². The number of carbonyl (C=O) groups excluding carboxylic acids is 2. The molecule has 0 spiro atoms. The Kier molecular flexibility index (Phi) is 4.68. The fourth-order valence-corrected chi connectivity index (χ4v) is 4.36. The molecule has 8 heteroatoms. The highest BCUT2D eigenvalue weighted by Crippen LogP contribution is 2.26. The molecule has 0 aliphatic carbocycles. The number of hydrogen-bond donors (Lipinski definition) is 1. The second-order valence-corrected chi connectivity index (χ2v) is 8.71. The molecule has 2 aliphatic heterocycles. The molecule has 0 radical (unpaired) electrons. The number of nitrogens with two attached hydrogens (primary N) is 1. The van der Waals surface area contributed by atoms with Crippen LogP contribution in [0.3, 0.4) is 0 Å². The van der Waals surface area contributed by atoms with E-state index < -0.39 is 10.0 Å². The summed E-state index contributed by atoms with van der Waals surface area (Å²) in [5, 5.41) is 5.22. The van der Waals surface area contributed by atoms with E-state index in [1.54, 1.807) is 40.1 Å². The summed E-state index contributed by atoms with van der Waals surface area (Å²) in [7, 11) is -3.79. The quantitative estimate of drug-likeness (QED) is 0.848. The molecular weight excluding hydrogens is 378 g/mol. The minimum absolute atomic E-state index is 0.0510. The molecule has 0 atom stereocenters. The molecule has 1 saturated heterocycles. The number of sulfonamides is 1. The van der Waals surface area contributed by atoms with Crippen molar-refractivity contribution in [3.63, 3.8) is 0 Å². The summed E-state index contributed by atoms with van der Waals surface area (Å²) in [5.41, 5.74) is 3.07. The van der Waals surface area contributed by atoms with Gasteiger partial charge >= 0.3 is 0 Å². The monoisotopic (exact) mass is 399 g/mol.